The lowest BCUT2D eigenvalue weighted by molar-refractivity contribution is -0.387. The van der Waals surface area contributed by atoms with Gasteiger partial charge < -0.3 is 5.11 Å². The van der Waals surface area contributed by atoms with E-state index in [1.165, 1.54) is 13.8 Å². The summed E-state index contributed by atoms with van der Waals surface area (Å²) in [7, 11) is -4.03. The Morgan fingerprint density at radius 2 is 2.00 bits per heavy atom. The Bertz CT molecular complexity index is 645. The maximum absolute atomic E-state index is 13.6. The van der Waals surface area contributed by atoms with E-state index in [0.717, 1.165) is 6.07 Å². The molecule has 0 aromatic heterocycles. The molecule has 0 saturated heterocycles. The fourth-order valence-electron chi connectivity index (χ4n) is 1.90. The van der Waals surface area contributed by atoms with E-state index < -0.39 is 38.6 Å². The summed E-state index contributed by atoms with van der Waals surface area (Å²) >= 11 is 0. The van der Waals surface area contributed by atoms with Gasteiger partial charge >= 0.3 is 5.69 Å². The minimum Gasteiger partial charge on any atom is -0.393 e. The van der Waals surface area contributed by atoms with Crippen LogP contribution < -0.4 is 4.72 Å². The maximum atomic E-state index is 13.6. The first-order valence-corrected chi connectivity index (χ1v) is 7.68. The molecule has 0 aliphatic heterocycles. The molecule has 2 atom stereocenters. The van der Waals surface area contributed by atoms with Gasteiger partial charge in [0.2, 0.25) is 15.8 Å². The van der Waals surface area contributed by atoms with Crippen molar-refractivity contribution in [2.24, 2.45) is 0 Å². The fraction of sp³-hybridized carbons (Fsp3) is 0.500. The van der Waals surface area contributed by atoms with Crippen LogP contribution in [-0.4, -0.2) is 30.6 Å². The number of nitrogens with zero attached hydrogens (tertiary/aromatic N) is 1. The molecule has 118 valence electrons. The molecule has 0 radical (unpaired) electrons. The third-order valence-electron chi connectivity index (χ3n) is 2.77. The zero-order valence-corrected chi connectivity index (χ0v) is 12.6. The van der Waals surface area contributed by atoms with Crippen LogP contribution in [0.3, 0.4) is 0 Å². The standard InChI is InChI=1S/C12H17FN2O5S/c1-7-4-10(6-11(12(7)13)15(17)18)21(19,20)14-8(2)5-9(3)16/h4,6,8-9,14,16H,5H2,1-3H3. The van der Waals surface area contributed by atoms with Gasteiger partial charge in [-0.25, -0.2) is 13.1 Å². The number of aliphatic hydroxyl groups is 1. The zero-order chi connectivity index (χ0) is 16.4. The van der Waals surface area contributed by atoms with E-state index >= 15 is 0 Å². The van der Waals surface area contributed by atoms with Gasteiger partial charge in [0.15, 0.2) is 0 Å². The molecule has 0 aliphatic carbocycles. The third-order valence-corrected chi connectivity index (χ3v) is 4.34. The van der Waals surface area contributed by atoms with Gasteiger partial charge in [-0.15, -0.1) is 0 Å². The second-order valence-corrected chi connectivity index (χ2v) is 6.65. The Balaban J connectivity index is 3.17. The van der Waals surface area contributed by atoms with Gasteiger partial charge in [0.05, 0.1) is 15.9 Å². The molecule has 21 heavy (non-hydrogen) atoms. The number of sulfonamides is 1. The van der Waals surface area contributed by atoms with Crippen molar-refractivity contribution in [1.82, 2.24) is 4.72 Å². The minimum absolute atomic E-state index is 0.132. The average molecular weight is 320 g/mol. The van der Waals surface area contributed by atoms with Crippen molar-refractivity contribution < 1.29 is 22.8 Å². The largest absolute Gasteiger partial charge is 0.393 e. The van der Waals surface area contributed by atoms with Crippen LogP contribution in [0.25, 0.3) is 0 Å². The molecule has 0 saturated carbocycles. The molecule has 0 fully saturated rings. The maximum Gasteiger partial charge on any atom is 0.306 e. The molecule has 1 rings (SSSR count). The van der Waals surface area contributed by atoms with Crippen molar-refractivity contribution in [2.45, 2.75) is 44.2 Å². The highest BCUT2D eigenvalue weighted by Gasteiger charge is 2.25. The molecule has 0 amide bonds. The summed E-state index contributed by atoms with van der Waals surface area (Å²) < 4.78 is 40.1. The zero-order valence-electron chi connectivity index (χ0n) is 11.8. The van der Waals surface area contributed by atoms with Crippen LogP contribution in [0, 0.1) is 22.9 Å². The van der Waals surface area contributed by atoms with Crippen LogP contribution in [0.1, 0.15) is 25.8 Å². The van der Waals surface area contributed by atoms with Gasteiger partial charge in [0.1, 0.15) is 0 Å². The number of benzene rings is 1. The smallest absolute Gasteiger partial charge is 0.306 e. The number of aliphatic hydroxyl groups excluding tert-OH is 1. The van der Waals surface area contributed by atoms with Crippen LogP contribution >= 0.6 is 0 Å². The summed E-state index contributed by atoms with van der Waals surface area (Å²) in [5.74, 6) is -1.06. The summed E-state index contributed by atoms with van der Waals surface area (Å²) in [6.45, 7) is 4.31. The number of hydrogen-bond acceptors (Lipinski definition) is 5. The van der Waals surface area contributed by atoms with E-state index in [2.05, 4.69) is 4.72 Å². The van der Waals surface area contributed by atoms with E-state index in [4.69, 9.17) is 0 Å². The van der Waals surface area contributed by atoms with Crippen molar-refractivity contribution in [3.63, 3.8) is 0 Å². The van der Waals surface area contributed by atoms with Gasteiger partial charge in [-0.2, -0.15) is 4.39 Å². The van der Waals surface area contributed by atoms with E-state index in [9.17, 15) is 28.0 Å². The lowest BCUT2D eigenvalue weighted by Gasteiger charge is -2.16. The number of nitro groups is 1. The molecule has 0 heterocycles. The van der Waals surface area contributed by atoms with Crippen LogP contribution in [0.2, 0.25) is 0 Å². The summed E-state index contributed by atoms with van der Waals surface area (Å²) in [5, 5.41) is 20.0. The Kier molecular flexibility index (Phi) is 5.37. The minimum atomic E-state index is -4.03. The number of halogens is 1. The van der Waals surface area contributed by atoms with Crippen LogP contribution in [0.5, 0.6) is 0 Å². The number of rotatable bonds is 6. The SMILES string of the molecule is Cc1cc(S(=O)(=O)NC(C)CC(C)O)cc([N+](=O)[O-])c1F. The molecule has 0 aliphatic rings. The number of nitro benzene ring substituents is 1. The summed E-state index contributed by atoms with van der Waals surface area (Å²) in [6, 6.07) is 1.14. The van der Waals surface area contributed by atoms with Crippen molar-refractivity contribution >= 4 is 15.7 Å². The summed E-state index contributed by atoms with van der Waals surface area (Å²) in [5.41, 5.74) is -1.02. The molecular formula is C12H17FN2O5S. The van der Waals surface area contributed by atoms with E-state index in [0.29, 0.717) is 6.07 Å². The van der Waals surface area contributed by atoms with Crippen molar-refractivity contribution in [3.8, 4) is 0 Å². The first-order valence-electron chi connectivity index (χ1n) is 6.19. The summed E-state index contributed by atoms with van der Waals surface area (Å²) in [4.78, 5) is 9.38. The van der Waals surface area contributed by atoms with Gasteiger partial charge in [-0.05, 0) is 38.8 Å². The molecule has 2 N–H and O–H groups in total. The number of nitrogens with one attached hydrogen (secondary N) is 1. The topological polar surface area (TPSA) is 110 Å². The van der Waals surface area contributed by atoms with Crippen LogP contribution in [-0.2, 0) is 10.0 Å². The highest BCUT2D eigenvalue weighted by molar-refractivity contribution is 7.89. The quantitative estimate of drug-likeness (QED) is 0.609. The predicted octanol–water partition coefficient (Wildman–Crippen LogP) is 1.48. The monoisotopic (exact) mass is 320 g/mol. The third kappa shape index (κ3) is 4.45. The Morgan fingerprint density at radius 3 is 2.48 bits per heavy atom. The second-order valence-electron chi connectivity index (χ2n) is 4.94. The lowest BCUT2D eigenvalue weighted by atomic mass is 10.2. The van der Waals surface area contributed by atoms with E-state index in [1.54, 1.807) is 6.92 Å². The molecule has 9 heteroatoms. The van der Waals surface area contributed by atoms with Crippen molar-refractivity contribution in [1.29, 1.82) is 0 Å². The van der Waals surface area contributed by atoms with E-state index in [-0.39, 0.29) is 16.9 Å². The molecule has 7 nitrogen and oxygen atoms in total. The van der Waals surface area contributed by atoms with Crippen LogP contribution in [0.15, 0.2) is 17.0 Å². The van der Waals surface area contributed by atoms with Crippen LogP contribution in [0.4, 0.5) is 10.1 Å². The molecule has 0 spiro atoms. The highest BCUT2D eigenvalue weighted by Crippen LogP contribution is 2.25. The van der Waals surface area contributed by atoms with Crippen molar-refractivity contribution in [2.75, 3.05) is 0 Å². The molecule has 0 bridgehead atoms. The fourth-order valence-corrected chi connectivity index (χ4v) is 3.26. The first kappa shape index (κ1) is 17.5. The van der Waals surface area contributed by atoms with Crippen molar-refractivity contribution in [3.05, 3.63) is 33.6 Å². The highest BCUT2D eigenvalue weighted by atomic mass is 32.2. The molecule has 1 aromatic carbocycles. The molecule has 1 aromatic rings. The Labute approximate surface area is 122 Å². The number of aryl methyl sites for hydroxylation is 1. The average Bonchev–Trinajstić information content (AvgIpc) is 2.29. The molecule has 2 unspecified atom stereocenters. The van der Waals surface area contributed by atoms with Gasteiger partial charge in [-0.1, -0.05) is 0 Å². The van der Waals surface area contributed by atoms with E-state index in [1.807, 2.05) is 0 Å². The van der Waals surface area contributed by atoms with Gasteiger partial charge in [0, 0.05) is 12.1 Å². The Hall–Kier alpha value is -1.58. The van der Waals surface area contributed by atoms with Gasteiger partial charge in [0.25, 0.3) is 0 Å². The van der Waals surface area contributed by atoms with Gasteiger partial charge in [-0.3, -0.25) is 10.1 Å². The summed E-state index contributed by atoms with van der Waals surface area (Å²) in [6.07, 6.45) is -0.520. The first-order chi connectivity index (χ1) is 9.54. The molecular weight excluding hydrogens is 303 g/mol. The Morgan fingerprint density at radius 1 is 1.43 bits per heavy atom. The number of hydrogen-bond donors (Lipinski definition) is 2. The second kappa shape index (κ2) is 6.46. The lowest BCUT2D eigenvalue weighted by Crippen LogP contribution is -2.34. The predicted molar refractivity (Wildman–Crippen MR) is 73.9 cm³/mol. The normalized spacial score (nSPS) is 14.7.